The van der Waals surface area contributed by atoms with Crippen molar-refractivity contribution in [3.8, 4) is 5.88 Å². The molecule has 2 atom stereocenters. The van der Waals surface area contributed by atoms with Gasteiger partial charge in [0.1, 0.15) is 18.9 Å². The zero-order valence-electron chi connectivity index (χ0n) is 11.0. The zero-order chi connectivity index (χ0) is 14.4. The van der Waals surface area contributed by atoms with Crippen LogP contribution in [0.2, 0.25) is 0 Å². The second kappa shape index (κ2) is 7.68. The van der Waals surface area contributed by atoms with Crippen molar-refractivity contribution in [2.75, 3.05) is 13.2 Å². The van der Waals surface area contributed by atoms with Crippen molar-refractivity contribution in [2.24, 2.45) is 0 Å². The van der Waals surface area contributed by atoms with Crippen molar-refractivity contribution in [1.29, 1.82) is 0 Å². The third kappa shape index (κ3) is 4.82. The topological polar surface area (TPSA) is 67.3 Å². The molecular formula is C13H16BrN3O2S. The molecule has 0 bridgehead atoms. The molecule has 0 amide bonds. The van der Waals surface area contributed by atoms with Gasteiger partial charge in [0.25, 0.3) is 0 Å². The standard InChI is InChI=1S/C13H16BrN3O2S/c1-9(10-3-2-4-11(14)5-10)15-6-12(18)8-19-13-7-16-20-17-13/h2-5,7,9,12,15,18H,6,8H2,1H3/t9-,12?/m1/s1. The Labute approximate surface area is 130 Å². The van der Waals surface area contributed by atoms with Crippen molar-refractivity contribution in [2.45, 2.75) is 19.1 Å². The Morgan fingerprint density at radius 2 is 2.35 bits per heavy atom. The molecule has 108 valence electrons. The van der Waals surface area contributed by atoms with Gasteiger partial charge in [-0.25, -0.2) is 0 Å². The normalized spacial score (nSPS) is 13.9. The maximum absolute atomic E-state index is 9.86. The Balaban J connectivity index is 1.73. The fourth-order valence-electron chi connectivity index (χ4n) is 1.67. The van der Waals surface area contributed by atoms with E-state index in [1.165, 1.54) is 6.20 Å². The molecule has 5 nitrogen and oxygen atoms in total. The van der Waals surface area contributed by atoms with Crippen LogP contribution in [0.25, 0.3) is 0 Å². The highest BCUT2D eigenvalue weighted by Crippen LogP contribution is 2.17. The molecule has 0 saturated carbocycles. The molecule has 1 aromatic carbocycles. The lowest BCUT2D eigenvalue weighted by atomic mass is 10.1. The van der Waals surface area contributed by atoms with E-state index in [0.717, 1.165) is 21.8 Å². The minimum absolute atomic E-state index is 0.156. The first-order chi connectivity index (χ1) is 9.65. The van der Waals surface area contributed by atoms with Crippen LogP contribution in [-0.2, 0) is 0 Å². The van der Waals surface area contributed by atoms with Crippen molar-refractivity contribution in [3.63, 3.8) is 0 Å². The summed E-state index contributed by atoms with van der Waals surface area (Å²) < 4.78 is 14.1. The Hall–Kier alpha value is -1.02. The Bertz CT molecular complexity index is 524. The van der Waals surface area contributed by atoms with Crippen LogP contribution in [-0.4, -0.2) is 33.1 Å². The van der Waals surface area contributed by atoms with Crippen molar-refractivity contribution in [3.05, 3.63) is 40.5 Å². The summed E-state index contributed by atoms with van der Waals surface area (Å²) in [6.07, 6.45) is 0.945. The van der Waals surface area contributed by atoms with Crippen molar-refractivity contribution >= 4 is 27.7 Å². The van der Waals surface area contributed by atoms with Gasteiger partial charge in [0.05, 0.1) is 11.7 Å². The monoisotopic (exact) mass is 357 g/mol. The third-order valence-electron chi connectivity index (χ3n) is 2.77. The van der Waals surface area contributed by atoms with Gasteiger partial charge in [0.15, 0.2) is 0 Å². The number of hydrogen-bond donors (Lipinski definition) is 2. The Morgan fingerprint density at radius 1 is 1.50 bits per heavy atom. The van der Waals surface area contributed by atoms with Crippen LogP contribution in [0.5, 0.6) is 5.88 Å². The molecule has 2 aromatic rings. The molecule has 0 spiro atoms. The van der Waals surface area contributed by atoms with Gasteiger partial charge in [-0.3, -0.25) is 0 Å². The summed E-state index contributed by atoms with van der Waals surface area (Å²) in [5, 5.41) is 13.1. The minimum Gasteiger partial charge on any atom is -0.473 e. The van der Waals surface area contributed by atoms with E-state index in [4.69, 9.17) is 4.74 Å². The van der Waals surface area contributed by atoms with Gasteiger partial charge in [-0.15, -0.1) is 4.37 Å². The first kappa shape index (κ1) is 15.4. The van der Waals surface area contributed by atoms with Gasteiger partial charge in [0, 0.05) is 17.1 Å². The fourth-order valence-corrected chi connectivity index (χ4v) is 2.45. The van der Waals surface area contributed by atoms with E-state index in [2.05, 4.69) is 43.0 Å². The molecule has 1 aromatic heterocycles. The van der Waals surface area contributed by atoms with Crippen LogP contribution < -0.4 is 10.1 Å². The summed E-state index contributed by atoms with van der Waals surface area (Å²) in [5.41, 5.74) is 1.16. The molecule has 0 aliphatic carbocycles. The number of nitrogens with zero attached hydrogens (tertiary/aromatic N) is 2. The first-order valence-corrected chi connectivity index (χ1v) is 7.75. The quantitative estimate of drug-likeness (QED) is 0.796. The van der Waals surface area contributed by atoms with E-state index in [-0.39, 0.29) is 12.6 Å². The number of benzene rings is 1. The van der Waals surface area contributed by atoms with E-state index < -0.39 is 6.10 Å². The maximum atomic E-state index is 9.86. The van der Waals surface area contributed by atoms with Crippen LogP contribution in [0.3, 0.4) is 0 Å². The molecule has 0 saturated heterocycles. The summed E-state index contributed by atoms with van der Waals surface area (Å²) in [7, 11) is 0. The van der Waals surface area contributed by atoms with Crippen LogP contribution in [0.1, 0.15) is 18.5 Å². The molecule has 0 aliphatic heterocycles. The average Bonchev–Trinajstić information content (AvgIpc) is 2.95. The molecule has 0 fully saturated rings. The first-order valence-electron chi connectivity index (χ1n) is 6.22. The summed E-state index contributed by atoms with van der Waals surface area (Å²) in [4.78, 5) is 0. The smallest absolute Gasteiger partial charge is 0.245 e. The molecule has 1 heterocycles. The number of aliphatic hydroxyl groups excluding tert-OH is 1. The highest BCUT2D eigenvalue weighted by atomic mass is 79.9. The largest absolute Gasteiger partial charge is 0.473 e. The van der Waals surface area contributed by atoms with Gasteiger partial charge < -0.3 is 15.2 Å². The van der Waals surface area contributed by atoms with Gasteiger partial charge in [0.2, 0.25) is 5.88 Å². The lowest BCUT2D eigenvalue weighted by Crippen LogP contribution is -2.33. The molecule has 1 unspecified atom stereocenters. The van der Waals surface area contributed by atoms with E-state index in [9.17, 15) is 5.11 Å². The van der Waals surface area contributed by atoms with E-state index in [0.29, 0.717) is 12.4 Å². The number of halogens is 1. The molecule has 0 radical (unpaired) electrons. The second-order valence-electron chi connectivity index (χ2n) is 4.40. The highest BCUT2D eigenvalue weighted by molar-refractivity contribution is 9.10. The van der Waals surface area contributed by atoms with Gasteiger partial charge in [-0.1, -0.05) is 28.1 Å². The summed E-state index contributed by atoms with van der Waals surface area (Å²) in [6.45, 7) is 2.70. The van der Waals surface area contributed by atoms with E-state index >= 15 is 0 Å². The summed E-state index contributed by atoms with van der Waals surface area (Å²) >= 11 is 4.53. The number of ether oxygens (including phenoxy) is 1. The molecule has 2 N–H and O–H groups in total. The molecular weight excluding hydrogens is 342 g/mol. The lowest BCUT2D eigenvalue weighted by molar-refractivity contribution is 0.102. The second-order valence-corrected chi connectivity index (χ2v) is 5.87. The zero-order valence-corrected chi connectivity index (χ0v) is 13.4. The molecule has 20 heavy (non-hydrogen) atoms. The number of rotatable bonds is 7. The predicted molar refractivity (Wildman–Crippen MR) is 82.0 cm³/mol. The number of nitrogens with one attached hydrogen (secondary N) is 1. The summed E-state index contributed by atoms with van der Waals surface area (Å²) in [6, 6.07) is 8.24. The average molecular weight is 358 g/mol. The minimum atomic E-state index is -0.591. The van der Waals surface area contributed by atoms with Crippen LogP contribution >= 0.6 is 27.7 Å². The van der Waals surface area contributed by atoms with E-state index in [1.807, 2.05) is 18.2 Å². The lowest BCUT2D eigenvalue weighted by Gasteiger charge is -2.17. The van der Waals surface area contributed by atoms with Crippen LogP contribution in [0, 0.1) is 0 Å². The van der Waals surface area contributed by atoms with E-state index in [1.54, 1.807) is 0 Å². The Morgan fingerprint density at radius 3 is 3.05 bits per heavy atom. The number of aliphatic hydroxyl groups is 1. The molecule has 7 heteroatoms. The number of hydrogen-bond acceptors (Lipinski definition) is 6. The third-order valence-corrected chi connectivity index (χ3v) is 3.73. The maximum Gasteiger partial charge on any atom is 0.245 e. The van der Waals surface area contributed by atoms with Crippen LogP contribution in [0.15, 0.2) is 34.9 Å². The van der Waals surface area contributed by atoms with Gasteiger partial charge in [-0.05, 0) is 24.6 Å². The molecule has 0 aliphatic rings. The number of aromatic nitrogens is 2. The van der Waals surface area contributed by atoms with Gasteiger partial charge in [-0.2, -0.15) is 4.37 Å². The summed E-state index contributed by atoms with van der Waals surface area (Å²) in [5.74, 6) is 0.453. The fraction of sp³-hybridized carbons (Fsp3) is 0.385. The van der Waals surface area contributed by atoms with Gasteiger partial charge >= 0.3 is 0 Å². The van der Waals surface area contributed by atoms with Crippen molar-refractivity contribution < 1.29 is 9.84 Å². The Kier molecular flexibility index (Phi) is 5.90. The SMILES string of the molecule is C[C@@H](NCC(O)COc1cnsn1)c1cccc(Br)c1. The predicted octanol–water partition coefficient (Wildman–Crippen LogP) is 2.39. The molecule has 2 rings (SSSR count). The van der Waals surface area contributed by atoms with Crippen molar-refractivity contribution in [1.82, 2.24) is 14.1 Å². The highest BCUT2D eigenvalue weighted by Gasteiger charge is 2.10. The van der Waals surface area contributed by atoms with Crippen LogP contribution in [0.4, 0.5) is 0 Å².